The quantitative estimate of drug-likeness (QED) is 0.353. The molecule has 0 radical (unpaired) electrons. The summed E-state index contributed by atoms with van der Waals surface area (Å²) in [5.74, 6) is -2.35. The summed E-state index contributed by atoms with van der Waals surface area (Å²) in [5.41, 5.74) is 0.627. The number of esters is 1. The van der Waals surface area contributed by atoms with Crippen LogP contribution in [0.3, 0.4) is 0 Å². The number of anilines is 1. The third kappa shape index (κ3) is 3.39. The molecule has 0 aromatic heterocycles. The minimum Gasteiger partial charge on any atom is -0.733 e. The minimum absolute atomic E-state index is 0.0589. The number of benzene rings is 2. The molecule has 1 aliphatic heterocycles. The van der Waals surface area contributed by atoms with E-state index in [1.165, 1.54) is 30.3 Å². The number of nitrogens with one attached hydrogen (secondary N) is 1. The molecule has 136 valence electrons. The zero-order valence-electron chi connectivity index (χ0n) is 13.3. The molecule has 9 heteroatoms. The van der Waals surface area contributed by atoms with Gasteiger partial charge in [0, 0.05) is 6.42 Å². The molecule has 0 saturated carbocycles. The zero-order valence-corrected chi connectivity index (χ0v) is 13.3. The van der Waals surface area contributed by atoms with Gasteiger partial charge in [0.15, 0.2) is 17.5 Å². The Morgan fingerprint density at radius 3 is 2.50 bits per heavy atom. The molecule has 2 aromatic carbocycles. The van der Waals surface area contributed by atoms with Crippen LogP contribution in [0, 0.1) is 5.21 Å². The van der Waals surface area contributed by atoms with Crippen LogP contribution in [0.5, 0.6) is 11.5 Å². The summed E-state index contributed by atoms with van der Waals surface area (Å²) >= 11 is 0. The number of para-hydroxylation sites is 1. The van der Waals surface area contributed by atoms with Crippen LogP contribution < -0.4 is 10.5 Å². The fraction of sp³-hybridized carbons (Fsp3) is 0.176. The second-order valence-corrected chi connectivity index (χ2v) is 5.74. The van der Waals surface area contributed by atoms with Gasteiger partial charge in [-0.05, 0) is 29.8 Å². The van der Waals surface area contributed by atoms with Crippen molar-refractivity contribution in [2.24, 2.45) is 0 Å². The molecule has 26 heavy (non-hydrogen) atoms. The van der Waals surface area contributed by atoms with Crippen molar-refractivity contribution in [2.75, 3.05) is 5.23 Å². The van der Waals surface area contributed by atoms with E-state index in [0.717, 1.165) is 5.56 Å². The third-order valence-corrected chi connectivity index (χ3v) is 4.03. The molecule has 1 amide bonds. The highest BCUT2D eigenvalue weighted by atomic mass is 16.8. The molecule has 9 nitrogen and oxygen atoms in total. The van der Waals surface area contributed by atoms with Gasteiger partial charge in [0.1, 0.15) is 6.10 Å². The van der Waals surface area contributed by atoms with E-state index in [4.69, 9.17) is 9.94 Å². The Kier molecular flexibility index (Phi) is 4.65. The highest BCUT2D eigenvalue weighted by Gasteiger charge is 2.43. The van der Waals surface area contributed by atoms with Gasteiger partial charge in [-0.15, -0.1) is 0 Å². The maximum Gasteiger partial charge on any atom is 0.332 e. The molecule has 1 saturated heterocycles. The summed E-state index contributed by atoms with van der Waals surface area (Å²) in [4.78, 5) is 23.9. The molecular weight excluding hydrogens is 344 g/mol. The number of hydrogen-bond acceptors (Lipinski definition) is 8. The average Bonchev–Trinajstić information content (AvgIpc) is 2.62. The summed E-state index contributed by atoms with van der Waals surface area (Å²) < 4.78 is 5.04. The maximum atomic E-state index is 12.2. The van der Waals surface area contributed by atoms with Crippen molar-refractivity contribution < 1.29 is 29.7 Å². The number of carbonyl (C=O) groups excluding carboxylic acids is 2. The van der Waals surface area contributed by atoms with E-state index in [0.29, 0.717) is 0 Å². The van der Waals surface area contributed by atoms with Crippen LogP contribution in [-0.2, 0) is 16.0 Å². The predicted molar refractivity (Wildman–Crippen MR) is 88.7 cm³/mol. The van der Waals surface area contributed by atoms with Crippen LogP contribution in [0.1, 0.15) is 15.9 Å². The number of nitrogens with zero attached hydrogens (tertiary/aromatic N) is 1. The van der Waals surface area contributed by atoms with Crippen LogP contribution in [-0.4, -0.2) is 39.4 Å². The first-order valence-electron chi connectivity index (χ1n) is 7.64. The van der Waals surface area contributed by atoms with E-state index < -0.39 is 35.5 Å². The zero-order chi connectivity index (χ0) is 18.8. The summed E-state index contributed by atoms with van der Waals surface area (Å²) in [6, 6.07) is 9.01. The second-order valence-electron chi connectivity index (χ2n) is 5.74. The molecule has 2 atom stereocenters. The van der Waals surface area contributed by atoms with Crippen LogP contribution in [0.15, 0.2) is 42.5 Å². The van der Waals surface area contributed by atoms with Gasteiger partial charge < -0.3 is 30.7 Å². The molecule has 0 bridgehead atoms. The number of carbonyl (C=O) groups is 2. The molecule has 0 spiro atoms. The Morgan fingerprint density at radius 2 is 1.88 bits per heavy atom. The number of cyclic esters (lactones) is 1. The Balaban J connectivity index is 1.67. The van der Waals surface area contributed by atoms with E-state index in [1.807, 2.05) is 0 Å². The number of phenolic OH excluding ortho intramolecular Hbond substituents is 2. The summed E-state index contributed by atoms with van der Waals surface area (Å²) in [5, 5.41) is 41.0. The first-order valence-corrected chi connectivity index (χ1v) is 7.64. The van der Waals surface area contributed by atoms with Crippen LogP contribution in [0.25, 0.3) is 0 Å². The van der Waals surface area contributed by atoms with Gasteiger partial charge in [0.2, 0.25) is 0 Å². The lowest BCUT2D eigenvalue weighted by Crippen LogP contribution is -2.60. The van der Waals surface area contributed by atoms with Crippen molar-refractivity contribution in [1.29, 1.82) is 0 Å². The number of amides is 1. The van der Waals surface area contributed by atoms with Gasteiger partial charge >= 0.3 is 5.97 Å². The summed E-state index contributed by atoms with van der Waals surface area (Å²) in [7, 11) is 0. The van der Waals surface area contributed by atoms with Crippen LogP contribution >= 0.6 is 0 Å². The second kappa shape index (κ2) is 6.90. The molecule has 4 N–H and O–H groups in total. The fourth-order valence-electron chi connectivity index (χ4n) is 2.61. The predicted octanol–water partition coefficient (Wildman–Crippen LogP) is 1.06. The molecule has 0 aliphatic carbocycles. The normalized spacial score (nSPS) is 18.6. The molecule has 1 heterocycles. The van der Waals surface area contributed by atoms with Gasteiger partial charge in [-0.3, -0.25) is 10.0 Å². The van der Waals surface area contributed by atoms with Crippen molar-refractivity contribution >= 4 is 17.6 Å². The lowest BCUT2D eigenvalue weighted by Gasteiger charge is -2.35. The first-order chi connectivity index (χ1) is 12.4. The molecule has 2 aromatic rings. The lowest BCUT2D eigenvalue weighted by molar-refractivity contribution is -0.175. The lowest BCUT2D eigenvalue weighted by atomic mass is 9.97. The molecule has 1 fully saturated rings. The molecule has 3 rings (SSSR count). The largest absolute Gasteiger partial charge is 0.733 e. The Hall–Kier alpha value is -3.30. The smallest absolute Gasteiger partial charge is 0.332 e. The van der Waals surface area contributed by atoms with E-state index in [-0.39, 0.29) is 22.9 Å². The van der Waals surface area contributed by atoms with Crippen molar-refractivity contribution in [3.05, 3.63) is 58.8 Å². The Morgan fingerprint density at radius 1 is 1.19 bits per heavy atom. The minimum atomic E-state index is -0.905. The van der Waals surface area contributed by atoms with Gasteiger partial charge in [-0.1, -0.05) is 18.2 Å². The number of aromatic hydroxyl groups is 2. The maximum absolute atomic E-state index is 12.2. The number of ether oxygens (including phenoxy) is 1. The van der Waals surface area contributed by atoms with E-state index in [2.05, 4.69) is 5.32 Å². The van der Waals surface area contributed by atoms with Gasteiger partial charge in [-0.2, -0.15) is 0 Å². The van der Waals surface area contributed by atoms with Crippen molar-refractivity contribution in [1.82, 2.24) is 5.32 Å². The van der Waals surface area contributed by atoms with E-state index >= 15 is 0 Å². The molecular formula is C17H15N2O7-. The summed E-state index contributed by atoms with van der Waals surface area (Å²) in [6.07, 6.45) is -0.331. The van der Waals surface area contributed by atoms with Crippen molar-refractivity contribution in [2.45, 2.75) is 18.6 Å². The standard InChI is InChI=1S/C17H15N2O7/c20-12-3-1-2-11(15(12)21)16(22)18-14-13(26-17(14)23)8-9-4-6-10(7-5-9)19(24)25/h1-7,13-14,20-21,24H,8H2,(H,18,22)/q-1. The van der Waals surface area contributed by atoms with E-state index in [9.17, 15) is 25.0 Å². The SMILES string of the molecule is O=C(NC1C(=O)OC1Cc1ccc(N([O-])O)cc1)c1cccc(O)c1O. The number of phenols is 2. The molecule has 2 unspecified atom stereocenters. The molecule has 1 aliphatic rings. The summed E-state index contributed by atoms with van der Waals surface area (Å²) in [6.45, 7) is 0. The number of rotatable bonds is 5. The highest BCUT2D eigenvalue weighted by Crippen LogP contribution is 2.29. The van der Waals surface area contributed by atoms with Crippen molar-refractivity contribution in [3.8, 4) is 11.5 Å². The van der Waals surface area contributed by atoms with Gasteiger partial charge in [-0.25, -0.2) is 4.79 Å². The monoisotopic (exact) mass is 359 g/mol. The van der Waals surface area contributed by atoms with Crippen LogP contribution in [0.4, 0.5) is 5.69 Å². The van der Waals surface area contributed by atoms with Crippen LogP contribution in [0.2, 0.25) is 0 Å². The van der Waals surface area contributed by atoms with Gasteiger partial charge in [0.25, 0.3) is 5.91 Å². The Labute approximate surface area is 147 Å². The fourth-order valence-corrected chi connectivity index (χ4v) is 2.61. The average molecular weight is 359 g/mol. The number of hydrogen-bond donors (Lipinski definition) is 4. The first kappa shape index (κ1) is 17.5. The topological polar surface area (TPSA) is 142 Å². The van der Waals surface area contributed by atoms with Crippen molar-refractivity contribution in [3.63, 3.8) is 0 Å². The van der Waals surface area contributed by atoms with E-state index in [1.54, 1.807) is 12.1 Å². The Bertz CT molecular complexity index is 836. The highest BCUT2D eigenvalue weighted by molar-refractivity contribution is 6.00. The third-order valence-electron chi connectivity index (χ3n) is 4.03. The van der Waals surface area contributed by atoms with Gasteiger partial charge in [0.05, 0.1) is 11.3 Å².